The van der Waals surface area contributed by atoms with Gasteiger partial charge in [-0.2, -0.15) is 0 Å². The van der Waals surface area contributed by atoms with Crippen LogP contribution in [0, 0.1) is 5.92 Å². The molecule has 2 heterocycles. The Balaban J connectivity index is 1.86. The molecule has 2 aromatic rings. The number of ether oxygens (including phenoxy) is 1. The zero-order chi connectivity index (χ0) is 15.8. The molecule has 0 amide bonds. The van der Waals surface area contributed by atoms with Crippen molar-refractivity contribution >= 4 is 23.1 Å². The molecule has 4 nitrogen and oxygen atoms in total. The van der Waals surface area contributed by atoms with E-state index in [0.717, 1.165) is 22.6 Å². The molecule has 0 aromatic heterocycles. The standard InChI is InChI=1S/C19H18N2O2/c1-12-11-16-17(19(22)23-12)18(13-7-3-2-4-8-13)21-15-10-6-5-9-14(15)20-16/h2-10,12,17-18,21H,11H2,1H3. The molecule has 1 N–H and O–H groups in total. The van der Waals surface area contributed by atoms with E-state index in [4.69, 9.17) is 9.73 Å². The van der Waals surface area contributed by atoms with Crippen LogP contribution in [0.1, 0.15) is 24.9 Å². The third kappa shape index (κ3) is 2.50. The molecule has 0 saturated carbocycles. The Morgan fingerprint density at radius 2 is 1.83 bits per heavy atom. The monoisotopic (exact) mass is 306 g/mol. The number of carbonyl (C=O) groups is 1. The predicted octanol–water partition coefficient (Wildman–Crippen LogP) is 3.88. The average molecular weight is 306 g/mol. The summed E-state index contributed by atoms with van der Waals surface area (Å²) in [5.41, 5.74) is 3.80. The summed E-state index contributed by atoms with van der Waals surface area (Å²) in [7, 11) is 0. The topological polar surface area (TPSA) is 50.7 Å². The highest BCUT2D eigenvalue weighted by atomic mass is 16.5. The van der Waals surface area contributed by atoms with Crippen molar-refractivity contribution in [3.8, 4) is 0 Å². The van der Waals surface area contributed by atoms with E-state index < -0.39 is 0 Å². The molecule has 4 heteroatoms. The van der Waals surface area contributed by atoms with Crippen LogP contribution in [0.2, 0.25) is 0 Å². The van der Waals surface area contributed by atoms with E-state index in [-0.39, 0.29) is 24.0 Å². The van der Waals surface area contributed by atoms with Gasteiger partial charge in [-0.3, -0.25) is 9.79 Å². The zero-order valence-corrected chi connectivity index (χ0v) is 12.9. The normalized spacial score (nSPS) is 26.0. The summed E-state index contributed by atoms with van der Waals surface area (Å²) in [5, 5.41) is 3.50. The van der Waals surface area contributed by atoms with Crippen LogP contribution in [0.5, 0.6) is 0 Å². The minimum absolute atomic E-state index is 0.126. The number of nitrogens with one attached hydrogen (secondary N) is 1. The van der Waals surface area contributed by atoms with Gasteiger partial charge in [0.2, 0.25) is 0 Å². The van der Waals surface area contributed by atoms with Crippen molar-refractivity contribution in [2.24, 2.45) is 10.9 Å². The van der Waals surface area contributed by atoms with Gasteiger partial charge in [-0.05, 0) is 24.6 Å². The van der Waals surface area contributed by atoms with Gasteiger partial charge in [0.25, 0.3) is 0 Å². The van der Waals surface area contributed by atoms with Gasteiger partial charge in [0.15, 0.2) is 0 Å². The number of cyclic esters (lactones) is 1. The zero-order valence-electron chi connectivity index (χ0n) is 12.9. The molecule has 1 fully saturated rings. The molecule has 3 unspecified atom stereocenters. The molecule has 23 heavy (non-hydrogen) atoms. The second-order valence-electron chi connectivity index (χ2n) is 6.08. The summed E-state index contributed by atoms with van der Waals surface area (Å²) in [6.07, 6.45) is 0.551. The lowest BCUT2D eigenvalue weighted by atomic mass is 9.85. The molecular weight excluding hydrogens is 288 g/mol. The van der Waals surface area contributed by atoms with Gasteiger partial charge in [0, 0.05) is 12.1 Å². The van der Waals surface area contributed by atoms with Gasteiger partial charge in [-0.1, -0.05) is 42.5 Å². The van der Waals surface area contributed by atoms with Crippen molar-refractivity contribution in [1.29, 1.82) is 0 Å². The number of benzene rings is 2. The fraction of sp³-hybridized carbons (Fsp3) is 0.263. The first-order chi connectivity index (χ1) is 11.2. The summed E-state index contributed by atoms with van der Waals surface area (Å²) in [6.45, 7) is 1.92. The van der Waals surface area contributed by atoms with E-state index in [1.54, 1.807) is 0 Å². The van der Waals surface area contributed by atoms with E-state index >= 15 is 0 Å². The van der Waals surface area contributed by atoms with Crippen LogP contribution in [0.3, 0.4) is 0 Å². The van der Waals surface area contributed by atoms with Gasteiger partial charge < -0.3 is 10.1 Å². The Hall–Kier alpha value is -2.62. The summed E-state index contributed by atoms with van der Waals surface area (Å²) in [5.74, 6) is -0.586. The van der Waals surface area contributed by atoms with E-state index in [0.29, 0.717) is 6.42 Å². The largest absolute Gasteiger partial charge is 0.462 e. The van der Waals surface area contributed by atoms with Crippen LogP contribution in [0.25, 0.3) is 0 Å². The average Bonchev–Trinajstić information content (AvgIpc) is 2.72. The van der Waals surface area contributed by atoms with Crippen LogP contribution in [-0.2, 0) is 9.53 Å². The maximum absolute atomic E-state index is 12.6. The second kappa shape index (κ2) is 5.54. The molecule has 0 spiro atoms. The van der Waals surface area contributed by atoms with Crippen molar-refractivity contribution in [3.63, 3.8) is 0 Å². The molecular formula is C19H18N2O2. The number of anilines is 1. The number of carbonyl (C=O) groups excluding carboxylic acids is 1. The Labute approximate surface area is 135 Å². The van der Waals surface area contributed by atoms with Crippen molar-refractivity contribution in [2.75, 3.05) is 5.32 Å². The highest BCUT2D eigenvalue weighted by molar-refractivity contribution is 6.07. The SMILES string of the molecule is CC1CC2=Nc3ccccc3NC(c3ccccc3)C2C(=O)O1. The van der Waals surface area contributed by atoms with Gasteiger partial charge in [-0.15, -0.1) is 0 Å². The summed E-state index contributed by atoms with van der Waals surface area (Å²) < 4.78 is 5.50. The van der Waals surface area contributed by atoms with E-state index in [1.165, 1.54) is 0 Å². The number of esters is 1. The summed E-state index contributed by atoms with van der Waals surface area (Å²) in [6, 6.07) is 17.8. The Kier molecular flexibility index (Phi) is 3.37. The predicted molar refractivity (Wildman–Crippen MR) is 90.0 cm³/mol. The van der Waals surface area contributed by atoms with Crippen LogP contribution < -0.4 is 5.32 Å². The number of nitrogens with zero attached hydrogens (tertiary/aromatic N) is 1. The molecule has 2 aliphatic rings. The number of para-hydroxylation sites is 2. The van der Waals surface area contributed by atoms with Crippen LogP contribution in [0.4, 0.5) is 11.4 Å². The lowest BCUT2D eigenvalue weighted by molar-refractivity contribution is -0.153. The number of rotatable bonds is 1. The van der Waals surface area contributed by atoms with Gasteiger partial charge in [-0.25, -0.2) is 0 Å². The molecule has 2 aromatic carbocycles. The molecule has 3 atom stereocenters. The molecule has 0 bridgehead atoms. The first-order valence-corrected chi connectivity index (χ1v) is 7.91. The molecule has 0 radical (unpaired) electrons. The Morgan fingerprint density at radius 1 is 1.09 bits per heavy atom. The fourth-order valence-corrected chi connectivity index (χ4v) is 3.35. The lowest BCUT2D eigenvalue weighted by Gasteiger charge is -2.32. The van der Waals surface area contributed by atoms with Gasteiger partial charge in [0.05, 0.1) is 17.4 Å². The molecule has 116 valence electrons. The minimum atomic E-state index is -0.388. The lowest BCUT2D eigenvalue weighted by Crippen LogP contribution is -2.41. The molecule has 2 aliphatic heterocycles. The first kappa shape index (κ1) is 14.0. The Morgan fingerprint density at radius 3 is 2.65 bits per heavy atom. The van der Waals surface area contributed by atoms with Crippen LogP contribution in [-0.4, -0.2) is 17.8 Å². The maximum atomic E-state index is 12.6. The fourth-order valence-electron chi connectivity index (χ4n) is 3.35. The van der Waals surface area contributed by atoms with Crippen molar-refractivity contribution in [3.05, 3.63) is 60.2 Å². The second-order valence-corrected chi connectivity index (χ2v) is 6.08. The number of fused-ring (bicyclic) bond motifs is 2. The van der Waals surface area contributed by atoms with Crippen molar-refractivity contribution < 1.29 is 9.53 Å². The van der Waals surface area contributed by atoms with Gasteiger partial charge in [0.1, 0.15) is 12.0 Å². The van der Waals surface area contributed by atoms with Gasteiger partial charge >= 0.3 is 5.97 Å². The highest BCUT2D eigenvalue weighted by Crippen LogP contribution is 2.40. The Bertz CT molecular complexity index is 770. The molecule has 1 saturated heterocycles. The van der Waals surface area contributed by atoms with E-state index in [2.05, 4.69) is 5.32 Å². The third-order valence-corrected chi connectivity index (χ3v) is 4.40. The number of hydrogen-bond acceptors (Lipinski definition) is 4. The summed E-state index contributed by atoms with van der Waals surface area (Å²) >= 11 is 0. The molecule has 0 aliphatic carbocycles. The smallest absolute Gasteiger partial charge is 0.317 e. The minimum Gasteiger partial charge on any atom is -0.462 e. The van der Waals surface area contributed by atoms with E-state index in [9.17, 15) is 4.79 Å². The van der Waals surface area contributed by atoms with Crippen LogP contribution >= 0.6 is 0 Å². The quantitative estimate of drug-likeness (QED) is 0.814. The van der Waals surface area contributed by atoms with Crippen molar-refractivity contribution in [2.45, 2.75) is 25.5 Å². The van der Waals surface area contributed by atoms with E-state index in [1.807, 2.05) is 61.5 Å². The summed E-state index contributed by atoms with van der Waals surface area (Å²) in [4.78, 5) is 17.4. The first-order valence-electron chi connectivity index (χ1n) is 7.91. The van der Waals surface area contributed by atoms with Crippen LogP contribution in [0.15, 0.2) is 59.6 Å². The highest BCUT2D eigenvalue weighted by Gasteiger charge is 2.41. The molecule has 4 rings (SSSR count). The number of hydrogen-bond donors (Lipinski definition) is 1. The van der Waals surface area contributed by atoms with Crippen molar-refractivity contribution in [1.82, 2.24) is 0 Å². The maximum Gasteiger partial charge on any atom is 0.317 e. The number of aliphatic imine (C=N–C) groups is 1. The third-order valence-electron chi connectivity index (χ3n) is 4.40.